The van der Waals surface area contributed by atoms with E-state index in [9.17, 15) is 23.3 Å². The Morgan fingerprint density at radius 1 is 0.940 bits per heavy atom. The van der Waals surface area contributed by atoms with Crippen molar-refractivity contribution >= 4 is 38.3 Å². The summed E-state index contributed by atoms with van der Waals surface area (Å²) >= 11 is 0. The number of amides is 1. The number of nitrogens with one attached hydrogen (secondary N) is 3. The normalized spacial score (nSPS) is 21.1. The summed E-state index contributed by atoms with van der Waals surface area (Å²) in [5, 5.41) is 16.2. The number of carbonyl (C=O) groups excluding carboxylic acids is 1. The van der Waals surface area contributed by atoms with Crippen molar-refractivity contribution in [3.05, 3.63) is 82.7 Å². The molecule has 0 atom stereocenters. The molecule has 1 amide bonds. The van der Waals surface area contributed by atoms with E-state index in [1.807, 2.05) is 10.8 Å². The lowest BCUT2D eigenvalue weighted by Crippen LogP contribution is -2.54. The van der Waals surface area contributed by atoms with E-state index in [4.69, 9.17) is 9.47 Å². The highest BCUT2D eigenvalue weighted by molar-refractivity contribution is 7.90. The van der Waals surface area contributed by atoms with Crippen molar-refractivity contribution in [3.63, 3.8) is 0 Å². The molecule has 14 nitrogen and oxygen atoms in total. The first kappa shape index (κ1) is 33.9. The zero-order chi connectivity index (χ0) is 34.7. The number of hydrogen-bond donors (Lipinski definition) is 3. The van der Waals surface area contributed by atoms with Crippen LogP contribution >= 0.6 is 0 Å². The molecule has 3 fully saturated rings. The van der Waals surface area contributed by atoms with Gasteiger partial charge in [0.05, 0.1) is 21.6 Å². The van der Waals surface area contributed by atoms with Crippen LogP contribution in [0.3, 0.4) is 0 Å². The van der Waals surface area contributed by atoms with E-state index < -0.39 is 25.7 Å². The molecular formula is C35H41N7O7S. The van der Waals surface area contributed by atoms with Gasteiger partial charge in [0.15, 0.2) is 0 Å². The van der Waals surface area contributed by atoms with Crippen molar-refractivity contribution in [2.45, 2.75) is 61.5 Å². The second-order valence-electron chi connectivity index (χ2n) is 13.1. The predicted molar refractivity (Wildman–Crippen MR) is 187 cm³/mol. The fourth-order valence-electron chi connectivity index (χ4n) is 7.36. The van der Waals surface area contributed by atoms with Crippen LogP contribution in [0.4, 0.5) is 11.4 Å². The van der Waals surface area contributed by atoms with Gasteiger partial charge >= 0.3 is 0 Å². The van der Waals surface area contributed by atoms with Gasteiger partial charge in [-0.15, -0.1) is 0 Å². The molecule has 1 aliphatic carbocycles. The van der Waals surface area contributed by atoms with Gasteiger partial charge in [0, 0.05) is 75.2 Å². The van der Waals surface area contributed by atoms with Gasteiger partial charge in [-0.3, -0.25) is 24.7 Å². The second-order valence-corrected chi connectivity index (χ2v) is 14.8. The van der Waals surface area contributed by atoms with Crippen LogP contribution in [-0.2, 0) is 14.8 Å². The Morgan fingerprint density at radius 3 is 2.36 bits per heavy atom. The van der Waals surface area contributed by atoms with Gasteiger partial charge in [-0.1, -0.05) is 12.1 Å². The van der Waals surface area contributed by atoms with Gasteiger partial charge in [-0.05, 0) is 74.9 Å². The van der Waals surface area contributed by atoms with Crippen LogP contribution in [0.5, 0.6) is 11.5 Å². The number of pyridine rings is 1. The lowest BCUT2D eigenvalue weighted by Gasteiger charge is -2.45. The molecule has 4 aromatic rings. The number of carbonyl (C=O) groups is 1. The van der Waals surface area contributed by atoms with Crippen LogP contribution in [0.2, 0.25) is 0 Å². The number of anilines is 1. The third-order valence-corrected chi connectivity index (χ3v) is 11.4. The molecule has 0 spiro atoms. The molecule has 50 heavy (non-hydrogen) atoms. The zero-order valence-corrected chi connectivity index (χ0v) is 28.4. The van der Waals surface area contributed by atoms with Gasteiger partial charge < -0.3 is 19.8 Å². The first-order chi connectivity index (χ1) is 24.2. The lowest BCUT2D eigenvalue weighted by atomic mass is 9.89. The smallest absolute Gasteiger partial charge is 0.293 e. The Balaban J connectivity index is 0.966. The van der Waals surface area contributed by atoms with Gasteiger partial charge in [-0.25, -0.2) is 18.1 Å². The van der Waals surface area contributed by atoms with Gasteiger partial charge in [0.2, 0.25) is 0 Å². The summed E-state index contributed by atoms with van der Waals surface area (Å²) in [7, 11) is -4.47. The number of H-pyrrole nitrogens is 1. The maximum atomic E-state index is 13.3. The maximum absolute atomic E-state index is 13.3. The third-order valence-electron chi connectivity index (χ3n) is 10.1. The van der Waals surface area contributed by atoms with Gasteiger partial charge in [0.1, 0.15) is 22.8 Å². The lowest BCUT2D eigenvalue weighted by molar-refractivity contribution is -0.384. The standard InChI is InChI=1S/C35H41N7O7S/c43-35(30-3-1-2-4-33(30)49-28-21-24-11-14-36-34(24)37-23-28)39-50(46,47)29-9-10-31(32(22-29)42(44)45)38-25-5-7-26(8-6-25)40-15-17-41(18-16-40)27-12-19-48-20-13-27/h1-4,9-11,14,21-23,25-27,38H,5-8,12-13,15-20H2,(H,36,37)(H,39,43). The van der Waals surface area contributed by atoms with E-state index >= 15 is 0 Å². The third kappa shape index (κ3) is 7.60. The van der Waals surface area contributed by atoms with Crippen LogP contribution in [0, 0.1) is 10.1 Å². The Kier molecular flexibility index (Phi) is 9.99. The number of nitrogens with zero attached hydrogens (tertiary/aromatic N) is 4. The molecule has 0 bridgehead atoms. The van der Waals surface area contributed by atoms with Crippen LogP contribution in [0.1, 0.15) is 48.9 Å². The number of para-hydroxylation sites is 1. The monoisotopic (exact) mass is 703 g/mol. The quantitative estimate of drug-likeness (QED) is 0.152. The molecule has 0 unspecified atom stereocenters. The summed E-state index contributed by atoms with van der Waals surface area (Å²) in [6, 6.07) is 14.6. The van der Waals surface area contributed by atoms with Crippen LogP contribution in [-0.4, -0.2) is 96.5 Å². The number of aromatic nitrogens is 2. The minimum Gasteiger partial charge on any atom is -0.455 e. The molecule has 0 radical (unpaired) electrons. The number of sulfonamides is 1. The number of piperazine rings is 1. The average molecular weight is 704 g/mol. The van der Waals surface area contributed by atoms with Crippen molar-refractivity contribution in [1.82, 2.24) is 24.5 Å². The van der Waals surface area contributed by atoms with E-state index in [1.54, 1.807) is 24.4 Å². The van der Waals surface area contributed by atoms with Crippen molar-refractivity contribution in [2.24, 2.45) is 0 Å². The highest BCUT2D eigenvalue weighted by atomic mass is 32.2. The Hall–Kier alpha value is -4.57. The van der Waals surface area contributed by atoms with Crippen molar-refractivity contribution < 1.29 is 27.6 Å². The highest BCUT2D eigenvalue weighted by Gasteiger charge is 2.32. The number of fused-ring (bicyclic) bond motifs is 1. The molecule has 3 aliphatic rings. The first-order valence-electron chi connectivity index (χ1n) is 17.1. The van der Waals surface area contributed by atoms with E-state index in [2.05, 4.69) is 25.1 Å². The fraction of sp³-hybridized carbons (Fsp3) is 0.429. The fourth-order valence-corrected chi connectivity index (χ4v) is 8.34. The number of aromatic amines is 1. The summed E-state index contributed by atoms with van der Waals surface area (Å²) in [6.45, 7) is 5.97. The molecule has 15 heteroatoms. The summed E-state index contributed by atoms with van der Waals surface area (Å²) in [4.78, 5) is 36.8. The second kappa shape index (κ2) is 14.7. The highest BCUT2D eigenvalue weighted by Crippen LogP contribution is 2.33. The summed E-state index contributed by atoms with van der Waals surface area (Å²) < 4.78 is 40.1. The first-order valence-corrected chi connectivity index (χ1v) is 18.6. The van der Waals surface area contributed by atoms with Crippen LogP contribution < -0.4 is 14.8 Å². The summed E-state index contributed by atoms with van der Waals surface area (Å²) in [6.07, 6.45) is 9.14. The van der Waals surface area contributed by atoms with Crippen molar-refractivity contribution in [1.29, 1.82) is 0 Å². The predicted octanol–water partition coefficient (Wildman–Crippen LogP) is 4.90. The van der Waals surface area contributed by atoms with E-state index in [-0.39, 0.29) is 28.7 Å². The average Bonchev–Trinajstić information content (AvgIpc) is 3.61. The number of hydrogen-bond acceptors (Lipinski definition) is 11. The van der Waals surface area contributed by atoms with Crippen LogP contribution in [0.25, 0.3) is 11.0 Å². The van der Waals surface area contributed by atoms with Crippen molar-refractivity contribution in [2.75, 3.05) is 44.7 Å². The Morgan fingerprint density at radius 2 is 1.64 bits per heavy atom. The summed E-state index contributed by atoms with van der Waals surface area (Å²) in [5.74, 6) is -0.464. The molecule has 7 rings (SSSR count). The van der Waals surface area contributed by atoms with Gasteiger partial charge in [0.25, 0.3) is 21.6 Å². The van der Waals surface area contributed by atoms with E-state index in [0.717, 1.165) is 89.4 Å². The number of rotatable bonds is 10. The largest absolute Gasteiger partial charge is 0.455 e. The van der Waals surface area contributed by atoms with E-state index in [1.165, 1.54) is 30.5 Å². The number of benzene rings is 2. The molecule has 2 aromatic heterocycles. The molecule has 2 aromatic carbocycles. The van der Waals surface area contributed by atoms with Crippen LogP contribution in [0.15, 0.2) is 71.9 Å². The minimum absolute atomic E-state index is 0.0281. The molecule has 2 saturated heterocycles. The molecule has 3 N–H and O–H groups in total. The molecule has 4 heterocycles. The van der Waals surface area contributed by atoms with Gasteiger partial charge in [-0.2, -0.15) is 0 Å². The molecular weight excluding hydrogens is 662 g/mol. The molecule has 264 valence electrons. The van der Waals surface area contributed by atoms with E-state index in [0.29, 0.717) is 23.5 Å². The number of nitro groups is 1. The summed E-state index contributed by atoms with van der Waals surface area (Å²) in [5.41, 5.74) is 0.515. The zero-order valence-electron chi connectivity index (χ0n) is 27.6. The Bertz CT molecular complexity index is 1950. The maximum Gasteiger partial charge on any atom is 0.293 e. The molecule has 2 aliphatic heterocycles. The minimum atomic E-state index is -4.47. The SMILES string of the molecule is O=C(NS(=O)(=O)c1ccc(NC2CCC(N3CCN(C4CCOCC4)CC3)CC2)c([N+](=O)[O-])c1)c1ccccc1Oc1cnc2[nH]ccc2c1. The van der Waals surface area contributed by atoms with Crippen molar-refractivity contribution in [3.8, 4) is 11.5 Å². The Labute approximate surface area is 290 Å². The number of ether oxygens (including phenoxy) is 2. The molecule has 1 saturated carbocycles. The number of nitro benzene ring substituents is 1. The topological polar surface area (TPSA) is 172 Å².